The molecule has 0 aliphatic heterocycles. The average Bonchev–Trinajstić information content (AvgIpc) is 2.44. The summed E-state index contributed by atoms with van der Waals surface area (Å²) in [6, 6.07) is 5.58. The molecule has 0 saturated carbocycles. The standard InChI is InChI=1S/C14H11F2NO2/c1-8-5-6-9(12(16)11(8)15)13(18)10-4-3-7-17-14(10)19-2/h3-7H,1-2H3. The molecule has 19 heavy (non-hydrogen) atoms. The van der Waals surface area contributed by atoms with Gasteiger partial charge in [-0.3, -0.25) is 4.79 Å². The molecule has 5 heteroatoms. The number of ether oxygens (including phenoxy) is 1. The van der Waals surface area contributed by atoms with Gasteiger partial charge in [0.05, 0.1) is 18.2 Å². The number of carbonyl (C=O) groups excluding carboxylic acids is 1. The third-order valence-electron chi connectivity index (χ3n) is 2.73. The Labute approximate surface area is 108 Å². The van der Waals surface area contributed by atoms with Gasteiger partial charge in [0.2, 0.25) is 11.7 Å². The number of halogens is 2. The Balaban J connectivity index is 2.54. The van der Waals surface area contributed by atoms with Crippen molar-refractivity contribution < 1.29 is 18.3 Å². The molecular weight excluding hydrogens is 252 g/mol. The van der Waals surface area contributed by atoms with Gasteiger partial charge in [0.15, 0.2) is 11.6 Å². The molecule has 98 valence electrons. The van der Waals surface area contributed by atoms with E-state index in [2.05, 4.69) is 4.98 Å². The molecule has 0 atom stereocenters. The van der Waals surface area contributed by atoms with Crippen LogP contribution >= 0.6 is 0 Å². The number of aromatic nitrogens is 1. The van der Waals surface area contributed by atoms with Gasteiger partial charge in [-0.2, -0.15) is 0 Å². The lowest BCUT2D eigenvalue weighted by Crippen LogP contribution is -2.09. The Kier molecular flexibility index (Phi) is 3.55. The van der Waals surface area contributed by atoms with Crippen molar-refractivity contribution in [3.63, 3.8) is 0 Å². The van der Waals surface area contributed by atoms with Crippen LogP contribution in [0.2, 0.25) is 0 Å². The van der Waals surface area contributed by atoms with Gasteiger partial charge in [0.25, 0.3) is 0 Å². The highest BCUT2D eigenvalue weighted by atomic mass is 19.2. The van der Waals surface area contributed by atoms with Crippen LogP contribution in [0, 0.1) is 18.6 Å². The van der Waals surface area contributed by atoms with Crippen molar-refractivity contribution in [3.8, 4) is 5.88 Å². The van der Waals surface area contributed by atoms with Crippen molar-refractivity contribution in [1.29, 1.82) is 0 Å². The lowest BCUT2D eigenvalue weighted by molar-refractivity contribution is 0.103. The van der Waals surface area contributed by atoms with E-state index in [0.717, 1.165) is 0 Å². The summed E-state index contributed by atoms with van der Waals surface area (Å²) in [5.74, 6) is -2.76. The van der Waals surface area contributed by atoms with E-state index >= 15 is 0 Å². The lowest BCUT2D eigenvalue weighted by Gasteiger charge is -2.08. The van der Waals surface area contributed by atoms with Crippen LogP contribution in [0.4, 0.5) is 8.78 Å². The molecule has 0 bridgehead atoms. The number of ketones is 1. The largest absolute Gasteiger partial charge is 0.480 e. The number of aryl methyl sites for hydroxylation is 1. The summed E-state index contributed by atoms with van der Waals surface area (Å²) in [5, 5.41) is 0. The predicted molar refractivity (Wildman–Crippen MR) is 65.3 cm³/mol. The topological polar surface area (TPSA) is 39.2 Å². The molecule has 0 aliphatic carbocycles. The second-order valence-electron chi connectivity index (χ2n) is 3.95. The summed E-state index contributed by atoms with van der Waals surface area (Å²) in [5.41, 5.74) is -0.103. The van der Waals surface area contributed by atoms with Crippen LogP contribution in [-0.4, -0.2) is 17.9 Å². The van der Waals surface area contributed by atoms with Gasteiger partial charge in [-0.15, -0.1) is 0 Å². The maximum atomic E-state index is 13.8. The van der Waals surface area contributed by atoms with E-state index in [1.807, 2.05) is 0 Å². The molecule has 0 aliphatic rings. The molecule has 0 fully saturated rings. The Morgan fingerprint density at radius 3 is 2.58 bits per heavy atom. The summed E-state index contributed by atoms with van der Waals surface area (Å²) in [6.07, 6.45) is 1.45. The van der Waals surface area contributed by atoms with Crippen molar-refractivity contribution in [2.75, 3.05) is 7.11 Å². The van der Waals surface area contributed by atoms with E-state index in [-0.39, 0.29) is 22.6 Å². The minimum absolute atomic E-state index is 0.0767. The van der Waals surface area contributed by atoms with Crippen molar-refractivity contribution in [2.24, 2.45) is 0 Å². The zero-order valence-corrected chi connectivity index (χ0v) is 10.4. The molecule has 1 aromatic carbocycles. The highest BCUT2D eigenvalue weighted by Crippen LogP contribution is 2.22. The first-order valence-electron chi connectivity index (χ1n) is 5.54. The Morgan fingerprint density at radius 2 is 1.89 bits per heavy atom. The zero-order valence-electron chi connectivity index (χ0n) is 10.4. The van der Waals surface area contributed by atoms with Gasteiger partial charge in [0, 0.05) is 6.20 Å². The van der Waals surface area contributed by atoms with Crippen LogP contribution in [0.5, 0.6) is 5.88 Å². The number of benzene rings is 1. The fourth-order valence-electron chi connectivity index (χ4n) is 1.69. The third-order valence-corrected chi connectivity index (χ3v) is 2.73. The average molecular weight is 263 g/mol. The second-order valence-corrected chi connectivity index (χ2v) is 3.95. The summed E-state index contributed by atoms with van der Waals surface area (Å²) < 4.78 is 32.2. The number of rotatable bonds is 3. The summed E-state index contributed by atoms with van der Waals surface area (Å²) in [6.45, 7) is 1.43. The normalized spacial score (nSPS) is 10.3. The number of hydrogen-bond donors (Lipinski definition) is 0. The van der Waals surface area contributed by atoms with E-state index in [0.29, 0.717) is 0 Å². The number of hydrogen-bond acceptors (Lipinski definition) is 3. The molecule has 0 saturated heterocycles. The monoisotopic (exact) mass is 263 g/mol. The minimum Gasteiger partial charge on any atom is -0.480 e. The quantitative estimate of drug-likeness (QED) is 0.799. The number of pyridine rings is 1. The zero-order chi connectivity index (χ0) is 14.0. The molecule has 0 amide bonds. The maximum Gasteiger partial charge on any atom is 0.224 e. The smallest absolute Gasteiger partial charge is 0.224 e. The highest BCUT2D eigenvalue weighted by molar-refractivity contribution is 6.10. The molecule has 0 spiro atoms. The Morgan fingerprint density at radius 1 is 1.16 bits per heavy atom. The maximum absolute atomic E-state index is 13.8. The molecule has 2 aromatic rings. The molecule has 1 heterocycles. The molecule has 1 aromatic heterocycles. The molecule has 2 rings (SSSR count). The predicted octanol–water partition coefficient (Wildman–Crippen LogP) is 2.91. The van der Waals surface area contributed by atoms with E-state index in [1.165, 1.54) is 44.5 Å². The van der Waals surface area contributed by atoms with Gasteiger partial charge in [0.1, 0.15) is 0 Å². The molecule has 0 radical (unpaired) electrons. The van der Waals surface area contributed by atoms with Crippen molar-refractivity contribution in [2.45, 2.75) is 6.92 Å². The number of nitrogens with zero attached hydrogens (tertiary/aromatic N) is 1. The van der Waals surface area contributed by atoms with E-state index in [1.54, 1.807) is 0 Å². The van der Waals surface area contributed by atoms with Crippen LogP contribution in [0.25, 0.3) is 0 Å². The van der Waals surface area contributed by atoms with E-state index in [4.69, 9.17) is 4.74 Å². The van der Waals surface area contributed by atoms with Crippen LogP contribution in [0.3, 0.4) is 0 Å². The second kappa shape index (κ2) is 5.14. The SMILES string of the molecule is COc1ncccc1C(=O)c1ccc(C)c(F)c1F. The Hall–Kier alpha value is -2.30. The first-order chi connectivity index (χ1) is 9.06. The van der Waals surface area contributed by atoms with E-state index in [9.17, 15) is 13.6 Å². The third kappa shape index (κ3) is 2.31. The van der Waals surface area contributed by atoms with Gasteiger partial charge in [-0.25, -0.2) is 13.8 Å². The first kappa shape index (κ1) is 13.1. The van der Waals surface area contributed by atoms with Crippen LogP contribution in [0.15, 0.2) is 30.5 Å². The van der Waals surface area contributed by atoms with Crippen LogP contribution < -0.4 is 4.74 Å². The fourth-order valence-corrected chi connectivity index (χ4v) is 1.69. The molecular formula is C14H11F2NO2. The van der Waals surface area contributed by atoms with Gasteiger partial charge in [-0.1, -0.05) is 6.07 Å². The minimum atomic E-state index is -1.16. The lowest BCUT2D eigenvalue weighted by atomic mass is 10.0. The Bertz CT molecular complexity index is 641. The van der Waals surface area contributed by atoms with Crippen molar-refractivity contribution in [1.82, 2.24) is 4.98 Å². The fraction of sp³-hybridized carbons (Fsp3) is 0.143. The van der Waals surface area contributed by atoms with Crippen molar-refractivity contribution >= 4 is 5.78 Å². The summed E-state index contributed by atoms with van der Waals surface area (Å²) in [7, 11) is 1.35. The molecule has 0 unspecified atom stereocenters. The molecule has 0 N–H and O–H groups in total. The first-order valence-corrected chi connectivity index (χ1v) is 5.54. The van der Waals surface area contributed by atoms with Crippen molar-refractivity contribution in [3.05, 3.63) is 58.8 Å². The number of carbonyl (C=O) groups is 1. The molecule has 3 nitrogen and oxygen atoms in total. The summed E-state index contributed by atoms with van der Waals surface area (Å²) >= 11 is 0. The van der Waals surface area contributed by atoms with Gasteiger partial charge < -0.3 is 4.74 Å². The summed E-state index contributed by atoms with van der Waals surface area (Å²) in [4.78, 5) is 16.0. The van der Waals surface area contributed by atoms with E-state index < -0.39 is 17.4 Å². The van der Waals surface area contributed by atoms with Crippen LogP contribution in [-0.2, 0) is 0 Å². The van der Waals surface area contributed by atoms with Gasteiger partial charge in [-0.05, 0) is 30.7 Å². The highest BCUT2D eigenvalue weighted by Gasteiger charge is 2.21. The van der Waals surface area contributed by atoms with Gasteiger partial charge >= 0.3 is 0 Å². The number of methoxy groups -OCH3 is 1. The van der Waals surface area contributed by atoms with Crippen LogP contribution in [0.1, 0.15) is 21.5 Å².